The topological polar surface area (TPSA) is 92.4 Å². The zero-order valence-corrected chi connectivity index (χ0v) is 16.2. The lowest BCUT2D eigenvalue weighted by atomic mass is 10.1. The highest BCUT2D eigenvalue weighted by Gasteiger charge is 2.09. The van der Waals surface area contributed by atoms with E-state index in [0.29, 0.717) is 35.6 Å². The van der Waals surface area contributed by atoms with E-state index in [1.807, 2.05) is 31.2 Å². The predicted octanol–water partition coefficient (Wildman–Crippen LogP) is 4.01. The van der Waals surface area contributed by atoms with Crippen molar-refractivity contribution >= 4 is 29.4 Å². The van der Waals surface area contributed by atoms with Crippen molar-refractivity contribution in [2.75, 3.05) is 29.6 Å². The number of nitrogens with zero attached hydrogens (tertiary/aromatic N) is 1. The average Bonchev–Trinajstić information content (AvgIpc) is 2.76. The van der Waals surface area contributed by atoms with Crippen LogP contribution in [0.2, 0.25) is 0 Å². The van der Waals surface area contributed by atoms with Crippen molar-refractivity contribution in [3.63, 3.8) is 0 Å². The molecular formula is C22H22N4O3. The summed E-state index contributed by atoms with van der Waals surface area (Å²) < 4.78 is 5.44. The zero-order chi connectivity index (χ0) is 20.6. The molecule has 0 aliphatic rings. The molecule has 0 atom stereocenters. The monoisotopic (exact) mass is 390 g/mol. The van der Waals surface area contributed by atoms with E-state index in [1.165, 1.54) is 0 Å². The second kappa shape index (κ2) is 9.36. The first kappa shape index (κ1) is 19.9. The fourth-order valence-electron chi connectivity index (χ4n) is 2.81. The molecule has 0 saturated carbocycles. The Morgan fingerprint density at radius 3 is 2.48 bits per heavy atom. The molecule has 2 aromatic carbocycles. The first-order chi connectivity index (χ1) is 14.1. The van der Waals surface area contributed by atoms with Gasteiger partial charge in [0.05, 0.1) is 29.2 Å². The highest BCUT2D eigenvalue weighted by Crippen LogP contribution is 2.25. The van der Waals surface area contributed by atoms with Crippen LogP contribution in [-0.4, -0.2) is 31.0 Å². The van der Waals surface area contributed by atoms with Gasteiger partial charge in [0.2, 0.25) is 6.41 Å². The molecule has 3 N–H and O–H groups in total. The van der Waals surface area contributed by atoms with Crippen molar-refractivity contribution in [2.24, 2.45) is 0 Å². The normalized spacial score (nSPS) is 10.1. The van der Waals surface area contributed by atoms with Gasteiger partial charge in [0.1, 0.15) is 5.75 Å². The van der Waals surface area contributed by atoms with Crippen molar-refractivity contribution in [1.29, 1.82) is 0 Å². The second-order valence-electron chi connectivity index (χ2n) is 6.12. The number of anilines is 3. The van der Waals surface area contributed by atoms with Gasteiger partial charge >= 0.3 is 0 Å². The maximum absolute atomic E-state index is 12.5. The van der Waals surface area contributed by atoms with Crippen LogP contribution >= 0.6 is 0 Å². The number of carbonyl (C=O) groups is 2. The van der Waals surface area contributed by atoms with E-state index >= 15 is 0 Å². The summed E-state index contributed by atoms with van der Waals surface area (Å²) in [7, 11) is 1.74. The molecule has 0 aliphatic carbocycles. The van der Waals surface area contributed by atoms with Gasteiger partial charge in [0.15, 0.2) is 0 Å². The molecule has 0 bridgehead atoms. The van der Waals surface area contributed by atoms with Crippen molar-refractivity contribution in [1.82, 2.24) is 4.98 Å². The molecule has 2 amide bonds. The number of hydrogen-bond acceptors (Lipinski definition) is 5. The Morgan fingerprint density at radius 1 is 1.07 bits per heavy atom. The van der Waals surface area contributed by atoms with E-state index in [0.717, 1.165) is 17.0 Å². The fourth-order valence-corrected chi connectivity index (χ4v) is 2.81. The predicted molar refractivity (Wildman–Crippen MR) is 114 cm³/mol. The van der Waals surface area contributed by atoms with Crippen LogP contribution in [0, 0.1) is 0 Å². The van der Waals surface area contributed by atoms with Gasteiger partial charge in [-0.15, -0.1) is 0 Å². The summed E-state index contributed by atoms with van der Waals surface area (Å²) in [6.07, 6.45) is 2.15. The van der Waals surface area contributed by atoms with Crippen LogP contribution in [0.1, 0.15) is 17.3 Å². The van der Waals surface area contributed by atoms with Gasteiger partial charge in [0.25, 0.3) is 5.91 Å². The van der Waals surface area contributed by atoms with Gasteiger partial charge < -0.3 is 20.7 Å². The van der Waals surface area contributed by atoms with Gasteiger partial charge in [-0.25, -0.2) is 0 Å². The van der Waals surface area contributed by atoms with Crippen LogP contribution in [0.5, 0.6) is 5.75 Å². The molecule has 0 unspecified atom stereocenters. The van der Waals surface area contributed by atoms with Crippen molar-refractivity contribution in [2.45, 2.75) is 6.92 Å². The highest BCUT2D eigenvalue weighted by atomic mass is 16.5. The van der Waals surface area contributed by atoms with Crippen LogP contribution in [0.4, 0.5) is 17.1 Å². The molecule has 3 rings (SSSR count). The summed E-state index contributed by atoms with van der Waals surface area (Å²) in [6, 6.07) is 16.4. The summed E-state index contributed by atoms with van der Waals surface area (Å²) in [5, 5.41) is 8.41. The van der Waals surface area contributed by atoms with Gasteiger partial charge in [-0.2, -0.15) is 0 Å². The summed E-state index contributed by atoms with van der Waals surface area (Å²) in [6.45, 7) is 2.56. The van der Waals surface area contributed by atoms with E-state index in [4.69, 9.17) is 4.74 Å². The molecular weight excluding hydrogens is 368 g/mol. The number of aromatic nitrogens is 1. The molecule has 0 radical (unpaired) electrons. The summed E-state index contributed by atoms with van der Waals surface area (Å²) in [5.41, 5.74) is 4.08. The maximum atomic E-state index is 12.5. The van der Waals surface area contributed by atoms with Gasteiger partial charge in [-0.3, -0.25) is 14.6 Å². The van der Waals surface area contributed by atoms with Crippen LogP contribution < -0.4 is 20.7 Å². The van der Waals surface area contributed by atoms with E-state index in [2.05, 4.69) is 20.9 Å². The molecule has 1 heterocycles. The Morgan fingerprint density at radius 2 is 1.86 bits per heavy atom. The number of ether oxygens (including phenoxy) is 1. The number of rotatable bonds is 8. The number of carbonyl (C=O) groups excluding carboxylic acids is 2. The number of hydrogen-bond donors (Lipinski definition) is 3. The zero-order valence-electron chi connectivity index (χ0n) is 16.2. The van der Waals surface area contributed by atoms with Crippen LogP contribution in [-0.2, 0) is 4.79 Å². The molecule has 7 nitrogen and oxygen atoms in total. The third kappa shape index (κ3) is 4.90. The van der Waals surface area contributed by atoms with E-state index in [-0.39, 0.29) is 5.91 Å². The number of amides is 2. The smallest absolute Gasteiger partial charge is 0.257 e. The fraction of sp³-hybridized carbons (Fsp3) is 0.136. The van der Waals surface area contributed by atoms with Crippen molar-refractivity contribution in [3.05, 3.63) is 66.4 Å². The molecule has 1 aromatic heterocycles. The maximum Gasteiger partial charge on any atom is 0.257 e. The third-order valence-electron chi connectivity index (χ3n) is 4.25. The quantitative estimate of drug-likeness (QED) is 0.506. The standard InChI is InChI=1S/C22H22N4O3/c1-3-29-18-8-4-15(5-9-18)19-10-6-16(13-24-19)22(28)26-17-7-11-20(25-14-27)21(12-17)23-2/h4-14,23H,3H2,1-2H3,(H,25,27)(H,26,28). The Balaban J connectivity index is 1.71. The van der Waals surface area contributed by atoms with E-state index < -0.39 is 0 Å². The molecule has 7 heteroatoms. The largest absolute Gasteiger partial charge is 0.494 e. The Hall–Kier alpha value is -3.87. The second-order valence-corrected chi connectivity index (χ2v) is 6.12. The van der Waals surface area contributed by atoms with Crippen LogP contribution in [0.25, 0.3) is 11.3 Å². The molecule has 148 valence electrons. The van der Waals surface area contributed by atoms with Crippen molar-refractivity contribution in [3.8, 4) is 17.0 Å². The van der Waals surface area contributed by atoms with Gasteiger partial charge in [0, 0.05) is 24.5 Å². The van der Waals surface area contributed by atoms with Crippen LogP contribution in [0.3, 0.4) is 0 Å². The van der Waals surface area contributed by atoms with Gasteiger partial charge in [-0.05, 0) is 61.5 Å². The number of nitrogens with one attached hydrogen (secondary N) is 3. The minimum absolute atomic E-state index is 0.270. The number of pyridine rings is 1. The first-order valence-corrected chi connectivity index (χ1v) is 9.17. The average molecular weight is 390 g/mol. The van der Waals surface area contributed by atoms with Gasteiger partial charge in [-0.1, -0.05) is 0 Å². The van der Waals surface area contributed by atoms with E-state index in [9.17, 15) is 9.59 Å². The summed E-state index contributed by atoms with van der Waals surface area (Å²) in [4.78, 5) is 27.6. The summed E-state index contributed by atoms with van der Waals surface area (Å²) >= 11 is 0. The molecule has 0 aliphatic heterocycles. The molecule has 0 spiro atoms. The Kier molecular flexibility index (Phi) is 6.42. The number of benzene rings is 2. The Bertz CT molecular complexity index is 986. The minimum Gasteiger partial charge on any atom is -0.494 e. The lowest BCUT2D eigenvalue weighted by molar-refractivity contribution is -0.105. The molecule has 0 fully saturated rings. The summed E-state index contributed by atoms with van der Waals surface area (Å²) in [5.74, 6) is 0.538. The molecule has 29 heavy (non-hydrogen) atoms. The Labute approximate surface area is 169 Å². The molecule has 0 saturated heterocycles. The lowest BCUT2D eigenvalue weighted by Crippen LogP contribution is -2.12. The molecule has 3 aromatic rings. The lowest BCUT2D eigenvalue weighted by Gasteiger charge is -2.11. The first-order valence-electron chi connectivity index (χ1n) is 9.17. The highest BCUT2D eigenvalue weighted by molar-refractivity contribution is 6.04. The SMILES string of the molecule is CCOc1ccc(-c2ccc(C(=O)Nc3ccc(NC=O)c(NC)c3)cn2)cc1. The third-order valence-corrected chi connectivity index (χ3v) is 4.25. The van der Waals surface area contributed by atoms with Crippen molar-refractivity contribution < 1.29 is 14.3 Å². The van der Waals surface area contributed by atoms with E-state index in [1.54, 1.807) is 43.6 Å². The van der Waals surface area contributed by atoms with Crippen LogP contribution in [0.15, 0.2) is 60.8 Å². The minimum atomic E-state index is -0.270.